The third-order valence-electron chi connectivity index (χ3n) is 4.03. The van der Waals surface area contributed by atoms with Crippen LogP contribution in [0.25, 0.3) is 0 Å². The van der Waals surface area contributed by atoms with Gasteiger partial charge in [0.15, 0.2) is 5.01 Å². The van der Waals surface area contributed by atoms with Crippen molar-refractivity contribution in [1.82, 2.24) is 14.8 Å². The second-order valence-corrected chi connectivity index (χ2v) is 6.05. The van der Waals surface area contributed by atoms with Gasteiger partial charge in [-0.3, -0.25) is 14.5 Å². The van der Waals surface area contributed by atoms with Crippen LogP contribution in [0.1, 0.15) is 16.7 Å². The van der Waals surface area contributed by atoms with Crippen molar-refractivity contribution in [3.05, 3.63) is 16.6 Å². The molecule has 20 heavy (non-hydrogen) atoms. The van der Waals surface area contributed by atoms with E-state index in [0.717, 1.165) is 13.1 Å². The fourth-order valence-corrected chi connectivity index (χ4v) is 3.35. The zero-order chi connectivity index (χ0) is 14.1. The normalized spacial score (nSPS) is 27.6. The lowest BCUT2D eigenvalue weighted by atomic mass is 10.0. The summed E-state index contributed by atoms with van der Waals surface area (Å²) in [4.78, 5) is 31.8. The van der Waals surface area contributed by atoms with E-state index < -0.39 is 0 Å². The van der Waals surface area contributed by atoms with Crippen molar-refractivity contribution in [3.63, 3.8) is 0 Å². The lowest BCUT2D eigenvalue weighted by molar-refractivity contribution is -0.140. The first kappa shape index (κ1) is 13.5. The van der Waals surface area contributed by atoms with Gasteiger partial charge in [-0.05, 0) is 0 Å². The van der Waals surface area contributed by atoms with Gasteiger partial charge >= 0.3 is 5.97 Å². The van der Waals surface area contributed by atoms with Crippen LogP contribution in [-0.2, 0) is 9.53 Å². The summed E-state index contributed by atoms with van der Waals surface area (Å²) in [6.07, 6.45) is 1.65. The van der Waals surface area contributed by atoms with E-state index in [1.54, 1.807) is 6.20 Å². The second kappa shape index (κ2) is 5.49. The molecule has 3 heterocycles. The van der Waals surface area contributed by atoms with E-state index >= 15 is 0 Å². The molecule has 2 aliphatic heterocycles. The number of cyclic esters (lactones) is 1. The molecule has 0 aliphatic carbocycles. The van der Waals surface area contributed by atoms with Crippen LogP contribution in [0.15, 0.2) is 11.6 Å². The van der Waals surface area contributed by atoms with Gasteiger partial charge in [0.1, 0.15) is 6.61 Å². The van der Waals surface area contributed by atoms with Crippen LogP contribution < -0.4 is 0 Å². The smallest absolute Gasteiger partial charge is 0.310 e. The van der Waals surface area contributed by atoms with Gasteiger partial charge < -0.3 is 9.64 Å². The van der Waals surface area contributed by atoms with Crippen molar-refractivity contribution < 1.29 is 14.3 Å². The third kappa shape index (κ3) is 2.43. The molecule has 2 atom stereocenters. The Hall–Kier alpha value is -1.47. The molecule has 0 saturated carbocycles. The Labute approximate surface area is 121 Å². The predicted octanol–water partition coefficient (Wildman–Crippen LogP) is 0.462. The number of thiazole rings is 1. The molecule has 0 aromatic carbocycles. The Morgan fingerprint density at radius 2 is 2.15 bits per heavy atom. The van der Waals surface area contributed by atoms with Gasteiger partial charge in [0.05, 0.1) is 12.0 Å². The summed E-state index contributed by atoms with van der Waals surface area (Å²) < 4.78 is 5.09. The minimum atomic E-state index is -0.115. The average Bonchev–Trinajstić information content (AvgIpc) is 3.10. The fraction of sp³-hybridized carbons (Fsp3) is 0.615. The molecule has 0 radical (unpaired) electrons. The van der Waals surface area contributed by atoms with Gasteiger partial charge in [-0.15, -0.1) is 11.3 Å². The van der Waals surface area contributed by atoms with E-state index in [2.05, 4.69) is 9.88 Å². The number of piperazine rings is 1. The maximum atomic E-state index is 12.2. The Kier molecular flexibility index (Phi) is 3.71. The quantitative estimate of drug-likeness (QED) is 0.742. The fourth-order valence-electron chi connectivity index (χ4n) is 2.74. The van der Waals surface area contributed by atoms with Crippen LogP contribution >= 0.6 is 11.3 Å². The number of hydrogen-bond donors (Lipinski definition) is 0. The van der Waals surface area contributed by atoms with Crippen molar-refractivity contribution in [3.8, 4) is 0 Å². The number of ether oxygens (including phenoxy) is 1. The Morgan fingerprint density at radius 3 is 2.70 bits per heavy atom. The largest absolute Gasteiger partial charge is 0.464 e. The zero-order valence-corrected chi connectivity index (χ0v) is 12.1. The summed E-state index contributed by atoms with van der Waals surface area (Å²) >= 11 is 1.37. The highest BCUT2D eigenvalue weighted by Crippen LogP contribution is 2.22. The monoisotopic (exact) mass is 295 g/mol. The first-order valence-corrected chi connectivity index (χ1v) is 7.64. The van der Waals surface area contributed by atoms with Crippen molar-refractivity contribution in [2.45, 2.75) is 13.0 Å². The number of esters is 1. The molecule has 7 heteroatoms. The maximum absolute atomic E-state index is 12.2. The third-order valence-corrected chi connectivity index (χ3v) is 4.79. The highest BCUT2D eigenvalue weighted by molar-refractivity contribution is 7.11. The second-order valence-electron chi connectivity index (χ2n) is 5.15. The molecule has 1 aromatic heterocycles. The van der Waals surface area contributed by atoms with E-state index in [9.17, 15) is 9.59 Å². The molecular weight excluding hydrogens is 278 g/mol. The molecule has 1 aromatic rings. The number of carbonyl (C=O) groups is 2. The SMILES string of the molecule is CC1C(=O)OCC1N1CCN(C(=O)c2nccs2)CC1. The molecule has 0 bridgehead atoms. The summed E-state index contributed by atoms with van der Waals surface area (Å²) in [5.74, 6) is -0.182. The number of amides is 1. The molecule has 0 N–H and O–H groups in total. The topological polar surface area (TPSA) is 62.7 Å². The summed E-state index contributed by atoms with van der Waals surface area (Å²) in [5.41, 5.74) is 0. The highest BCUT2D eigenvalue weighted by atomic mass is 32.1. The minimum absolute atomic E-state index is 0.00597. The van der Waals surface area contributed by atoms with Gasteiger partial charge in [-0.2, -0.15) is 0 Å². The molecule has 108 valence electrons. The summed E-state index contributed by atoms with van der Waals surface area (Å²) in [6, 6.07) is 0.152. The van der Waals surface area contributed by atoms with Crippen LogP contribution in [-0.4, -0.2) is 65.5 Å². The van der Waals surface area contributed by atoms with Gasteiger partial charge in [-0.25, -0.2) is 4.98 Å². The highest BCUT2D eigenvalue weighted by Gasteiger charge is 2.38. The van der Waals surface area contributed by atoms with Crippen molar-refractivity contribution >= 4 is 23.2 Å². The molecular formula is C13H17N3O3S. The molecule has 2 aliphatic rings. The van der Waals surface area contributed by atoms with E-state index in [0.29, 0.717) is 24.7 Å². The Bertz CT molecular complexity index is 497. The lowest BCUT2D eigenvalue weighted by Gasteiger charge is -2.37. The van der Waals surface area contributed by atoms with Gasteiger partial charge in [0.2, 0.25) is 0 Å². The first-order valence-electron chi connectivity index (χ1n) is 6.76. The number of hydrogen-bond acceptors (Lipinski definition) is 6. The average molecular weight is 295 g/mol. The van der Waals surface area contributed by atoms with Crippen LogP contribution in [0.4, 0.5) is 0 Å². The van der Waals surface area contributed by atoms with E-state index in [4.69, 9.17) is 4.74 Å². The van der Waals surface area contributed by atoms with Crippen molar-refractivity contribution in [2.75, 3.05) is 32.8 Å². The molecule has 1 amide bonds. The van der Waals surface area contributed by atoms with Crippen molar-refractivity contribution in [1.29, 1.82) is 0 Å². The Balaban J connectivity index is 1.57. The first-order chi connectivity index (χ1) is 9.66. The van der Waals surface area contributed by atoms with Crippen LogP contribution in [0.5, 0.6) is 0 Å². The standard InChI is InChI=1S/C13H17N3O3S/c1-9-10(8-19-13(9)18)15-3-5-16(6-4-15)12(17)11-14-2-7-20-11/h2,7,9-10H,3-6,8H2,1H3. The van der Waals surface area contributed by atoms with Gasteiger partial charge in [0, 0.05) is 37.8 Å². The zero-order valence-electron chi connectivity index (χ0n) is 11.3. The molecule has 2 unspecified atom stereocenters. The van der Waals surface area contributed by atoms with E-state index in [1.807, 2.05) is 17.2 Å². The number of rotatable bonds is 2. The van der Waals surface area contributed by atoms with Crippen molar-refractivity contribution in [2.24, 2.45) is 5.92 Å². The summed E-state index contributed by atoms with van der Waals surface area (Å²) in [7, 11) is 0. The van der Waals surface area contributed by atoms with Gasteiger partial charge in [-0.1, -0.05) is 6.92 Å². The van der Waals surface area contributed by atoms with Gasteiger partial charge in [0.25, 0.3) is 5.91 Å². The number of carbonyl (C=O) groups excluding carboxylic acids is 2. The molecule has 2 saturated heterocycles. The van der Waals surface area contributed by atoms with E-state index in [-0.39, 0.29) is 23.8 Å². The lowest BCUT2D eigenvalue weighted by Crippen LogP contribution is -2.53. The maximum Gasteiger partial charge on any atom is 0.310 e. The molecule has 0 spiro atoms. The summed E-state index contributed by atoms with van der Waals surface area (Å²) in [5, 5.41) is 2.36. The molecule has 3 rings (SSSR count). The molecule has 6 nitrogen and oxygen atoms in total. The summed E-state index contributed by atoms with van der Waals surface area (Å²) in [6.45, 7) is 5.30. The minimum Gasteiger partial charge on any atom is -0.464 e. The van der Waals surface area contributed by atoms with E-state index in [1.165, 1.54) is 11.3 Å². The van der Waals surface area contributed by atoms with Crippen LogP contribution in [0.2, 0.25) is 0 Å². The predicted molar refractivity (Wildman–Crippen MR) is 73.5 cm³/mol. The van der Waals surface area contributed by atoms with Crippen LogP contribution in [0, 0.1) is 5.92 Å². The Morgan fingerprint density at radius 1 is 1.40 bits per heavy atom. The molecule has 2 fully saturated rings. The van der Waals surface area contributed by atoms with Crippen LogP contribution in [0.3, 0.4) is 0 Å². The number of aromatic nitrogens is 1. The number of nitrogens with zero attached hydrogens (tertiary/aromatic N) is 3.